The fourth-order valence-electron chi connectivity index (χ4n) is 2.00. The first kappa shape index (κ1) is 22.0. The standard InChI is InChI=1S/C16H15BrClF4N3OS/c1-2-11-14(17)15(25-8-24-11)23-3-4-26-12-6-13(9(18)5-10(12)19)27-7-16(20,21)22/h5-6,8H,2-4,7H2,1H3,(H,23,24,25). The third-order valence-electron chi connectivity index (χ3n) is 3.23. The van der Waals surface area contributed by atoms with Crippen LogP contribution in [0.25, 0.3) is 0 Å². The molecule has 1 N–H and O–H groups in total. The van der Waals surface area contributed by atoms with Crippen molar-refractivity contribution in [1.82, 2.24) is 9.97 Å². The zero-order chi connectivity index (χ0) is 20.0. The molecular weight excluding hydrogens is 474 g/mol. The lowest BCUT2D eigenvalue weighted by Gasteiger charge is -2.13. The normalized spacial score (nSPS) is 11.5. The van der Waals surface area contributed by atoms with Crippen LogP contribution in [0.4, 0.5) is 23.4 Å². The molecule has 0 atom stereocenters. The van der Waals surface area contributed by atoms with Gasteiger partial charge in [0.05, 0.1) is 27.5 Å². The van der Waals surface area contributed by atoms with Crippen molar-refractivity contribution in [3.63, 3.8) is 0 Å². The zero-order valence-corrected chi connectivity index (χ0v) is 17.2. The number of anilines is 1. The van der Waals surface area contributed by atoms with Crippen LogP contribution in [0, 0.1) is 5.82 Å². The van der Waals surface area contributed by atoms with Gasteiger partial charge in [0.2, 0.25) is 0 Å². The molecule has 0 amide bonds. The molecule has 0 radical (unpaired) electrons. The van der Waals surface area contributed by atoms with Gasteiger partial charge in [-0.05, 0) is 34.5 Å². The largest absolute Gasteiger partial charge is 0.489 e. The molecule has 4 nitrogen and oxygen atoms in total. The number of aryl methyl sites for hydroxylation is 1. The lowest BCUT2D eigenvalue weighted by atomic mass is 10.3. The maximum absolute atomic E-state index is 13.9. The molecule has 0 aliphatic heterocycles. The van der Waals surface area contributed by atoms with E-state index in [4.69, 9.17) is 16.3 Å². The van der Waals surface area contributed by atoms with Crippen LogP contribution in [0.3, 0.4) is 0 Å². The van der Waals surface area contributed by atoms with Crippen LogP contribution in [0.15, 0.2) is 27.8 Å². The van der Waals surface area contributed by atoms with Crippen LogP contribution in [0.1, 0.15) is 12.6 Å². The minimum Gasteiger partial charge on any atom is -0.489 e. The highest BCUT2D eigenvalue weighted by Gasteiger charge is 2.28. The van der Waals surface area contributed by atoms with Crippen molar-refractivity contribution in [3.05, 3.63) is 39.5 Å². The van der Waals surface area contributed by atoms with E-state index in [2.05, 4.69) is 31.2 Å². The third kappa shape index (κ3) is 6.69. The second-order valence-corrected chi connectivity index (χ2v) is 7.45. The van der Waals surface area contributed by atoms with Gasteiger partial charge < -0.3 is 10.1 Å². The number of rotatable bonds is 8. The Balaban J connectivity index is 1.95. The number of nitrogens with zero attached hydrogens (tertiary/aromatic N) is 2. The molecule has 0 saturated heterocycles. The van der Waals surface area contributed by atoms with E-state index in [1.165, 1.54) is 12.4 Å². The minimum atomic E-state index is -4.35. The molecule has 0 saturated carbocycles. The number of thioether (sulfide) groups is 1. The van der Waals surface area contributed by atoms with Gasteiger partial charge >= 0.3 is 6.18 Å². The summed E-state index contributed by atoms with van der Waals surface area (Å²) < 4.78 is 57.1. The number of hydrogen-bond acceptors (Lipinski definition) is 5. The van der Waals surface area contributed by atoms with Crippen molar-refractivity contribution >= 4 is 45.1 Å². The Morgan fingerprint density at radius 1 is 1.30 bits per heavy atom. The smallest absolute Gasteiger partial charge is 0.398 e. The molecule has 27 heavy (non-hydrogen) atoms. The van der Waals surface area contributed by atoms with E-state index in [0.717, 1.165) is 22.7 Å². The van der Waals surface area contributed by atoms with Crippen molar-refractivity contribution in [2.45, 2.75) is 24.4 Å². The van der Waals surface area contributed by atoms with Gasteiger partial charge in [0.15, 0.2) is 11.6 Å². The minimum absolute atomic E-state index is 0.0693. The summed E-state index contributed by atoms with van der Waals surface area (Å²) in [6, 6.07) is 2.11. The number of ether oxygens (including phenoxy) is 1. The maximum atomic E-state index is 13.9. The molecule has 1 aromatic heterocycles. The molecule has 1 aromatic carbocycles. The Kier molecular flexibility index (Phi) is 7.99. The molecule has 148 valence electrons. The average Bonchev–Trinajstić information content (AvgIpc) is 2.59. The summed E-state index contributed by atoms with van der Waals surface area (Å²) in [4.78, 5) is 8.32. The molecule has 0 bridgehead atoms. The van der Waals surface area contributed by atoms with E-state index in [9.17, 15) is 17.6 Å². The summed E-state index contributed by atoms with van der Waals surface area (Å²) in [5.41, 5.74) is 0.837. The van der Waals surface area contributed by atoms with Gasteiger partial charge in [0, 0.05) is 4.90 Å². The van der Waals surface area contributed by atoms with Crippen LogP contribution in [0.5, 0.6) is 5.75 Å². The molecule has 0 aliphatic rings. The summed E-state index contributed by atoms with van der Waals surface area (Å²) in [6.45, 7) is 2.32. The Bertz CT molecular complexity index is 795. The predicted octanol–water partition coefficient (Wildman–Crippen LogP) is 5.74. The molecule has 11 heteroatoms. The Hall–Kier alpha value is -1.26. The van der Waals surface area contributed by atoms with E-state index in [1.807, 2.05) is 6.92 Å². The van der Waals surface area contributed by atoms with Crippen LogP contribution >= 0.6 is 39.3 Å². The number of hydrogen-bond donors (Lipinski definition) is 1. The molecule has 2 aromatic rings. The first-order chi connectivity index (χ1) is 12.7. The fraction of sp³-hybridized carbons (Fsp3) is 0.375. The van der Waals surface area contributed by atoms with Crippen molar-refractivity contribution in [2.75, 3.05) is 24.2 Å². The van der Waals surface area contributed by atoms with Crippen molar-refractivity contribution in [1.29, 1.82) is 0 Å². The molecular formula is C16H15BrClF4N3OS. The van der Waals surface area contributed by atoms with Gasteiger partial charge in [-0.15, -0.1) is 11.8 Å². The summed E-state index contributed by atoms with van der Waals surface area (Å²) >= 11 is 9.68. The number of halogens is 6. The van der Waals surface area contributed by atoms with Gasteiger partial charge in [-0.1, -0.05) is 18.5 Å². The number of alkyl halides is 3. The lowest BCUT2D eigenvalue weighted by molar-refractivity contribution is -0.105. The monoisotopic (exact) mass is 487 g/mol. The molecule has 0 fully saturated rings. The predicted molar refractivity (Wildman–Crippen MR) is 101 cm³/mol. The van der Waals surface area contributed by atoms with Gasteiger partial charge in [0.1, 0.15) is 18.8 Å². The highest BCUT2D eigenvalue weighted by atomic mass is 79.9. The second kappa shape index (κ2) is 9.79. The second-order valence-electron chi connectivity index (χ2n) is 5.23. The zero-order valence-electron chi connectivity index (χ0n) is 14.0. The van der Waals surface area contributed by atoms with E-state index < -0.39 is 17.7 Å². The fourth-order valence-corrected chi connectivity index (χ4v) is 3.64. The van der Waals surface area contributed by atoms with Gasteiger partial charge in [-0.3, -0.25) is 0 Å². The van der Waals surface area contributed by atoms with Gasteiger partial charge in [-0.25, -0.2) is 14.4 Å². The number of benzene rings is 1. The van der Waals surface area contributed by atoms with Crippen molar-refractivity contribution in [2.24, 2.45) is 0 Å². The first-order valence-electron chi connectivity index (χ1n) is 7.76. The maximum Gasteiger partial charge on any atom is 0.398 e. The van der Waals surface area contributed by atoms with E-state index in [1.54, 1.807) is 0 Å². The third-order valence-corrected chi connectivity index (χ3v) is 5.60. The van der Waals surface area contributed by atoms with Crippen LogP contribution < -0.4 is 10.1 Å². The van der Waals surface area contributed by atoms with Crippen LogP contribution in [-0.4, -0.2) is 35.0 Å². The number of aromatic nitrogens is 2. The van der Waals surface area contributed by atoms with Crippen molar-refractivity contribution < 1.29 is 22.3 Å². The Labute approximate surface area is 171 Å². The molecule has 1 heterocycles. The van der Waals surface area contributed by atoms with Crippen LogP contribution in [0.2, 0.25) is 5.02 Å². The average molecular weight is 489 g/mol. The lowest BCUT2D eigenvalue weighted by Crippen LogP contribution is -2.14. The summed E-state index contributed by atoms with van der Waals surface area (Å²) in [5, 5.41) is 2.93. The number of nitrogens with one attached hydrogen (secondary N) is 1. The SMILES string of the molecule is CCc1ncnc(NCCOc2cc(SCC(F)(F)F)c(Cl)cc2F)c1Br. The van der Waals surface area contributed by atoms with Crippen LogP contribution in [-0.2, 0) is 6.42 Å². The highest BCUT2D eigenvalue weighted by Crippen LogP contribution is 2.36. The highest BCUT2D eigenvalue weighted by molar-refractivity contribution is 9.10. The molecule has 0 spiro atoms. The Morgan fingerprint density at radius 2 is 2.04 bits per heavy atom. The van der Waals surface area contributed by atoms with Crippen molar-refractivity contribution in [3.8, 4) is 5.75 Å². The summed E-state index contributed by atoms with van der Waals surface area (Å²) in [6.07, 6.45) is -2.20. The first-order valence-corrected chi connectivity index (χ1v) is 9.91. The summed E-state index contributed by atoms with van der Waals surface area (Å²) in [7, 11) is 0. The quantitative estimate of drug-likeness (QED) is 0.292. The molecule has 0 aliphatic carbocycles. The van der Waals surface area contributed by atoms with E-state index >= 15 is 0 Å². The van der Waals surface area contributed by atoms with Gasteiger partial charge in [-0.2, -0.15) is 13.2 Å². The van der Waals surface area contributed by atoms with Gasteiger partial charge in [0.25, 0.3) is 0 Å². The molecule has 0 unspecified atom stereocenters. The summed E-state index contributed by atoms with van der Waals surface area (Å²) in [5.74, 6) is -1.46. The van der Waals surface area contributed by atoms with E-state index in [0.29, 0.717) is 24.1 Å². The molecule has 2 rings (SSSR count). The van der Waals surface area contributed by atoms with E-state index in [-0.39, 0.29) is 22.3 Å². The Morgan fingerprint density at radius 3 is 2.70 bits per heavy atom. The topological polar surface area (TPSA) is 47.0 Å².